The standard InChI is InChI=1S/C30H27N/c1-30(2,3)22-17-19-23(20-18-22)31-29-26-15-9-7-13-24(26)28(21-11-5-4-6-12-21)25-14-8-10-16-27(25)29/h4-20,31H,1-3H3. The van der Waals surface area contributed by atoms with Crippen molar-refractivity contribution >= 4 is 32.9 Å². The van der Waals surface area contributed by atoms with Crippen molar-refractivity contribution in [3.63, 3.8) is 0 Å². The van der Waals surface area contributed by atoms with Gasteiger partial charge in [-0.05, 0) is 45.0 Å². The first-order chi connectivity index (χ1) is 15.0. The van der Waals surface area contributed by atoms with Crippen molar-refractivity contribution in [2.45, 2.75) is 26.2 Å². The highest BCUT2D eigenvalue weighted by Gasteiger charge is 2.16. The van der Waals surface area contributed by atoms with Gasteiger partial charge in [0, 0.05) is 16.5 Å². The van der Waals surface area contributed by atoms with Crippen LogP contribution in [0, 0.1) is 0 Å². The second kappa shape index (κ2) is 7.59. The summed E-state index contributed by atoms with van der Waals surface area (Å²) in [4.78, 5) is 0. The Labute approximate surface area is 184 Å². The number of hydrogen-bond acceptors (Lipinski definition) is 1. The summed E-state index contributed by atoms with van der Waals surface area (Å²) < 4.78 is 0. The van der Waals surface area contributed by atoms with Crippen molar-refractivity contribution in [3.05, 3.63) is 109 Å². The van der Waals surface area contributed by atoms with Crippen LogP contribution in [0.15, 0.2) is 103 Å². The SMILES string of the molecule is CC(C)(C)c1ccc(Nc2c3ccccc3c(-c3ccccc3)c3ccccc23)cc1. The van der Waals surface area contributed by atoms with E-state index >= 15 is 0 Å². The van der Waals surface area contributed by atoms with Crippen molar-refractivity contribution in [1.29, 1.82) is 0 Å². The van der Waals surface area contributed by atoms with Gasteiger partial charge in [0.25, 0.3) is 0 Å². The molecule has 0 spiro atoms. The normalized spacial score (nSPS) is 11.7. The van der Waals surface area contributed by atoms with Crippen molar-refractivity contribution in [2.75, 3.05) is 5.32 Å². The molecular formula is C30H27N. The molecule has 31 heavy (non-hydrogen) atoms. The average Bonchev–Trinajstić information content (AvgIpc) is 2.79. The van der Waals surface area contributed by atoms with Crippen LogP contribution < -0.4 is 5.32 Å². The van der Waals surface area contributed by atoms with Crippen molar-refractivity contribution in [3.8, 4) is 11.1 Å². The van der Waals surface area contributed by atoms with Crippen LogP contribution in [0.25, 0.3) is 32.7 Å². The van der Waals surface area contributed by atoms with Gasteiger partial charge in [-0.15, -0.1) is 0 Å². The molecule has 0 atom stereocenters. The molecule has 0 aliphatic rings. The number of rotatable bonds is 3. The predicted octanol–water partition coefficient (Wildman–Crippen LogP) is 8.70. The number of nitrogens with one attached hydrogen (secondary N) is 1. The molecule has 152 valence electrons. The molecule has 0 unspecified atom stereocenters. The topological polar surface area (TPSA) is 12.0 Å². The molecule has 0 aromatic heterocycles. The zero-order valence-electron chi connectivity index (χ0n) is 18.3. The lowest BCUT2D eigenvalue weighted by Gasteiger charge is -2.21. The first-order valence-corrected chi connectivity index (χ1v) is 10.9. The quantitative estimate of drug-likeness (QED) is 0.298. The molecule has 1 N–H and O–H groups in total. The van der Waals surface area contributed by atoms with E-state index in [0.29, 0.717) is 0 Å². The molecule has 0 aliphatic heterocycles. The predicted molar refractivity (Wildman–Crippen MR) is 135 cm³/mol. The maximum absolute atomic E-state index is 3.75. The fraction of sp³-hybridized carbons (Fsp3) is 0.133. The summed E-state index contributed by atoms with van der Waals surface area (Å²) in [5.74, 6) is 0. The molecule has 0 bridgehead atoms. The minimum atomic E-state index is 0.148. The highest BCUT2D eigenvalue weighted by atomic mass is 14.9. The van der Waals surface area contributed by atoms with Gasteiger partial charge in [0.1, 0.15) is 0 Å². The molecule has 0 saturated carbocycles. The summed E-state index contributed by atoms with van der Waals surface area (Å²) in [5, 5.41) is 8.75. The minimum absolute atomic E-state index is 0.148. The van der Waals surface area contributed by atoms with Crippen LogP contribution in [0.5, 0.6) is 0 Å². The van der Waals surface area contributed by atoms with E-state index in [2.05, 4.69) is 129 Å². The van der Waals surface area contributed by atoms with Crippen LogP contribution in [0.1, 0.15) is 26.3 Å². The summed E-state index contributed by atoms with van der Waals surface area (Å²) >= 11 is 0. The lowest BCUT2D eigenvalue weighted by Crippen LogP contribution is -2.10. The molecule has 0 aliphatic carbocycles. The van der Waals surface area contributed by atoms with E-state index < -0.39 is 0 Å². The monoisotopic (exact) mass is 401 g/mol. The summed E-state index contributed by atoms with van der Waals surface area (Å²) in [5.41, 5.74) is 6.30. The zero-order valence-corrected chi connectivity index (χ0v) is 18.3. The van der Waals surface area contributed by atoms with Crippen molar-refractivity contribution in [1.82, 2.24) is 0 Å². The van der Waals surface area contributed by atoms with E-state index in [-0.39, 0.29) is 5.41 Å². The van der Waals surface area contributed by atoms with Crippen LogP contribution >= 0.6 is 0 Å². The van der Waals surface area contributed by atoms with Crippen LogP contribution in [-0.2, 0) is 5.41 Å². The van der Waals surface area contributed by atoms with Crippen LogP contribution in [-0.4, -0.2) is 0 Å². The van der Waals surface area contributed by atoms with E-state index in [4.69, 9.17) is 0 Å². The first-order valence-electron chi connectivity index (χ1n) is 10.9. The zero-order chi connectivity index (χ0) is 21.4. The van der Waals surface area contributed by atoms with Gasteiger partial charge < -0.3 is 5.32 Å². The van der Waals surface area contributed by atoms with Crippen LogP contribution in [0.3, 0.4) is 0 Å². The van der Waals surface area contributed by atoms with E-state index in [0.717, 1.165) is 11.4 Å². The largest absolute Gasteiger partial charge is 0.355 e. The highest BCUT2D eigenvalue weighted by molar-refractivity contribution is 6.21. The molecule has 0 radical (unpaired) electrons. The molecule has 0 fully saturated rings. The van der Waals surface area contributed by atoms with Crippen molar-refractivity contribution in [2.24, 2.45) is 0 Å². The van der Waals surface area contributed by atoms with Crippen LogP contribution in [0.4, 0.5) is 11.4 Å². The van der Waals surface area contributed by atoms with Gasteiger partial charge in [-0.3, -0.25) is 0 Å². The van der Waals surface area contributed by atoms with E-state index in [9.17, 15) is 0 Å². The van der Waals surface area contributed by atoms with Crippen molar-refractivity contribution < 1.29 is 0 Å². The second-order valence-electron chi connectivity index (χ2n) is 9.16. The summed E-state index contributed by atoms with van der Waals surface area (Å²) in [6, 6.07) is 37.0. The van der Waals surface area contributed by atoms with Gasteiger partial charge in [0.2, 0.25) is 0 Å². The van der Waals surface area contributed by atoms with Gasteiger partial charge in [-0.25, -0.2) is 0 Å². The van der Waals surface area contributed by atoms with Gasteiger partial charge in [-0.1, -0.05) is 112 Å². The Bertz CT molecular complexity index is 1300. The maximum Gasteiger partial charge on any atom is 0.0544 e. The van der Waals surface area contributed by atoms with Crippen LogP contribution in [0.2, 0.25) is 0 Å². The van der Waals surface area contributed by atoms with E-state index in [1.54, 1.807) is 0 Å². The maximum atomic E-state index is 3.75. The molecule has 5 aromatic rings. The average molecular weight is 402 g/mol. The van der Waals surface area contributed by atoms with Gasteiger partial charge in [0.05, 0.1) is 5.69 Å². The second-order valence-corrected chi connectivity index (χ2v) is 9.16. The van der Waals surface area contributed by atoms with E-state index in [1.807, 2.05) is 0 Å². The first kappa shape index (κ1) is 19.4. The Morgan fingerprint density at radius 3 is 1.52 bits per heavy atom. The smallest absolute Gasteiger partial charge is 0.0544 e. The third-order valence-corrected chi connectivity index (χ3v) is 6.01. The fourth-order valence-electron chi connectivity index (χ4n) is 4.38. The summed E-state index contributed by atoms with van der Waals surface area (Å²) in [6.45, 7) is 6.75. The summed E-state index contributed by atoms with van der Waals surface area (Å²) in [7, 11) is 0. The molecule has 1 nitrogen and oxygen atoms in total. The highest BCUT2D eigenvalue weighted by Crippen LogP contribution is 2.42. The van der Waals surface area contributed by atoms with E-state index in [1.165, 1.54) is 38.2 Å². The third-order valence-electron chi connectivity index (χ3n) is 6.01. The molecular weight excluding hydrogens is 374 g/mol. The molecule has 5 rings (SSSR count). The summed E-state index contributed by atoms with van der Waals surface area (Å²) in [6.07, 6.45) is 0. The number of anilines is 2. The number of fused-ring (bicyclic) bond motifs is 2. The molecule has 0 amide bonds. The minimum Gasteiger partial charge on any atom is -0.355 e. The van der Waals surface area contributed by atoms with Gasteiger partial charge in [0.15, 0.2) is 0 Å². The number of hydrogen-bond donors (Lipinski definition) is 1. The lowest BCUT2D eigenvalue weighted by atomic mass is 9.87. The fourth-order valence-corrected chi connectivity index (χ4v) is 4.38. The molecule has 5 aromatic carbocycles. The Morgan fingerprint density at radius 1 is 0.516 bits per heavy atom. The number of benzene rings is 5. The third kappa shape index (κ3) is 3.57. The Morgan fingerprint density at radius 2 is 1.00 bits per heavy atom. The van der Waals surface area contributed by atoms with Gasteiger partial charge in [-0.2, -0.15) is 0 Å². The Balaban J connectivity index is 1.74. The Hall–Kier alpha value is -3.58. The molecule has 1 heteroatoms. The van der Waals surface area contributed by atoms with Gasteiger partial charge >= 0.3 is 0 Å². The molecule has 0 heterocycles. The Kier molecular flexibility index (Phi) is 4.75. The lowest BCUT2D eigenvalue weighted by molar-refractivity contribution is 0.590. The molecule has 0 saturated heterocycles.